The second kappa shape index (κ2) is 4.84. The van der Waals surface area contributed by atoms with E-state index in [-0.39, 0.29) is 12.0 Å². The summed E-state index contributed by atoms with van der Waals surface area (Å²) in [5, 5.41) is 10.9. The Bertz CT molecular complexity index is 602. The average molecular weight is 249 g/mol. The van der Waals surface area contributed by atoms with Crippen molar-refractivity contribution in [2.24, 2.45) is 5.73 Å². The molecule has 0 spiro atoms. The largest absolute Gasteiger partial charge is 0.480 e. The second-order valence-electron chi connectivity index (χ2n) is 3.73. The molecule has 4 N–H and O–H groups in total. The summed E-state index contributed by atoms with van der Waals surface area (Å²) in [5.41, 5.74) is 5.80. The number of aromatic amines is 1. The molecule has 0 amide bonds. The number of H-pyrrole nitrogens is 1. The van der Waals surface area contributed by atoms with Crippen molar-refractivity contribution in [1.82, 2.24) is 10.1 Å². The highest BCUT2D eigenvalue weighted by atomic mass is 16.5. The van der Waals surface area contributed by atoms with Crippen LogP contribution in [0.4, 0.5) is 0 Å². The zero-order valence-electron chi connectivity index (χ0n) is 9.29. The first-order chi connectivity index (χ1) is 8.59. The lowest BCUT2D eigenvalue weighted by atomic mass is 10.0. The number of aliphatic carboxylic acids is 1. The third kappa shape index (κ3) is 2.30. The van der Waals surface area contributed by atoms with Crippen LogP contribution in [-0.4, -0.2) is 27.3 Å². The molecular weight excluding hydrogens is 238 g/mol. The lowest BCUT2D eigenvalue weighted by Gasteiger charge is -2.04. The molecule has 0 saturated carbocycles. The van der Waals surface area contributed by atoms with E-state index in [0.29, 0.717) is 11.3 Å². The molecule has 0 aromatic carbocycles. The predicted molar refractivity (Wildman–Crippen MR) is 61.9 cm³/mol. The van der Waals surface area contributed by atoms with Crippen LogP contribution < -0.4 is 11.3 Å². The van der Waals surface area contributed by atoms with Crippen molar-refractivity contribution in [3.05, 3.63) is 40.4 Å². The van der Waals surface area contributed by atoms with E-state index in [1.165, 1.54) is 0 Å². The molecule has 0 saturated heterocycles. The van der Waals surface area contributed by atoms with Crippen molar-refractivity contribution in [2.45, 2.75) is 12.5 Å². The van der Waals surface area contributed by atoms with E-state index < -0.39 is 17.6 Å². The molecule has 0 fully saturated rings. The molecule has 7 nitrogen and oxygen atoms in total. The van der Waals surface area contributed by atoms with Gasteiger partial charge in [-0.3, -0.25) is 14.6 Å². The Morgan fingerprint density at radius 3 is 2.78 bits per heavy atom. The first kappa shape index (κ1) is 12.1. The van der Waals surface area contributed by atoms with Crippen LogP contribution in [0, 0.1) is 0 Å². The molecule has 0 radical (unpaired) electrons. The molecule has 94 valence electrons. The smallest absolute Gasteiger partial charge is 0.320 e. The van der Waals surface area contributed by atoms with Crippen molar-refractivity contribution in [3.63, 3.8) is 0 Å². The summed E-state index contributed by atoms with van der Waals surface area (Å²) in [6, 6.07) is 2.16. The van der Waals surface area contributed by atoms with Gasteiger partial charge in [-0.1, -0.05) is 0 Å². The summed E-state index contributed by atoms with van der Waals surface area (Å²) in [6.45, 7) is 0. The predicted octanol–water partition coefficient (Wildman–Crippen LogP) is -0.0157. The van der Waals surface area contributed by atoms with Crippen molar-refractivity contribution >= 4 is 5.97 Å². The van der Waals surface area contributed by atoms with Crippen LogP contribution in [-0.2, 0) is 11.2 Å². The van der Waals surface area contributed by atoms with Crippen LogP contribution in [0.5, 0.6) is 0 Å². The minimum Gasteiger partial charge on any atom is -0.480 e. The van der Waals surface area contributed by atoms with Gasteiger partial charge in [0.15, 0.2) is 5.76 Å². The van der Waals surface area contributed by atoms with E-state index in [9.17, 15) is 9.59 Å². The van der Waals surface area contributed by atoms with Gasteiger partial charge in [-0.15, -0.1) is 0 Å². The van der Waals surface area contributed by atoms with Crippen molar-refractivity contribution in [3.8, 4) is 11.3 Å². The molecule has 1 atom stereocenters. The van der Waals surface area contributed by atoms with Gasteiger partial charge in [0.2, 0.25) is 0 Å². The number of pyridine rings is 1. The fourth-order valence-corrected chi connectivity index (χ4v) is 1.55. The van der Waals surface area contributed by atoms with Crippen LogP contribution in [0.1, 0.15) is 5.56 Å². The van der Waals surface area contributed by atoms with Crippen molar-refractivity contribution in [1.29, 1.82) is 0 Å². The number of hydrogen-bond acceptors (Lipinski definition) is 5. The number of aromatic nitrogens is 2. The van der Waals surface area contributed by atoms with E-state index in [0.717, 1.165) is 0 Å². The summed E-state index contributed by atoms with van der Waals surface area (Å²) in [5.74, 6) is -0.879. The Morgan fingerprint density at radius 2 is 2.17 bits per heavy atom. The molecule has 2 rings (SSSR count). The summed E-state index contributed by atoms with van der Waals surface area (Å²) in [6.07, 6.45) is 2.99. The number of nitrogens with one attached hydrogen (secondary N) is 1. The summed E-state index contributed by atoms with van der Waals surface area (Å²) < 4.78 is 5.05. The molecule has 0 aliphatic heterocycles. The van der Waals surface area contributed by atoms with Gasteiger partial charge in [0, 0.05) is 24.4 Å². The molecule has 0 unspecified atom stereocenters. The zero-order valence-corrected chi connectivity index (χ0v) is 9.29. The third-order valence-electron chi connectivity index (χ3n) is 2.48. The van der Waals surface area contributed by atoms with E-state index in [1.54, 1.807) is 24.5 Å². The molecule has 2 aromatic heterocycles. The molecule has 18 heavy (non-hydrogen) atoms. The number of hydrogen-bond donors (Lipinski definition) is 3. The first-order valence-electron chi connectivity index (χ1n) is 5.18. The van der Waals surface area contributed by atoms with Crippen LogP contribution in [0.2, 0.25) is 0 Å². The Labute approximate surface area is 101 Å². The molecule has 7 heteroatoms. The number of carboxylic acid groups (broad SMARTS) is 1. The topological polar surface area (TPSA) is 122 Å². The van der Waals surface area contributed by atoms with Crippen LogP contribution >= 0.6 is 0 Å². The molecule has 2 aromatic rings. The number of carbonyl (C=O) groups is 1. The van der Waals surface area contributed by atoms with Gasteiger partial charge in [0.1, 0.15) is 6.04 Å². The number of carboxylic acids is 1. The van der Waals surface area contributed by atoms with Crippen LogP contribution in [0.15, 0.2) is 33.8 Å². The van der Waals surface area contributed by atoms with Crippen LogP contribution in [0.25, 0.3) is 11.3 Å². The molecule has 2 heterocycles. The van der Waals surface area contributed by atoms with E-state index >= 15 is 0 Å². The zero-order chi connectivity index (χ0) is 13.1. The van der Waals surface area contributed by atoms with Crippen molar-refractivity contribution in [2.75, 3.05) is 0 Å². The van der Waals surface area contributed by atoms with Crippen LogP contribution in [0.3, 0.4) is 0 Å². The lowest BCUT2D eigenvalue weighted by molar-refractivity contribution is -0.138. The van der Waals surface area contributed by atoms with Gasteiger partial charge in [0.05, 0.1) is 5.56 Å². The van der Waals surface area contributed by atoms with Crippen molar-refractivity contribution < 1.29 is 14.4 Å². The monoisotopic (exact) mass is 249 g/mol. The Hall–Kier alpha value is -2.41. The van der Waals surface area contributed by atoms with E-state index in [1.807, 2.05) is 0 Å². The average Bonchev–Trinajstić information content (AvgIpc) is 2.72. The fraction of sp³-hybridized carbons (Fsp3) is 0.182. The molecular formula is C11H11N3O4. The Balaban J connectivity index is 2.40. The quantitative estimate of drug-likeness (QED) is 0.700. The van der Waals surface area contributed by atoms with Gasteiger partial charge in [0.25, 0.3) is 5.56 Å². The van der Waals surface area contributed by atoms with Gasteiger partial charge in [-0.05, 0) is 12.1 Å². The number of nitrogens with two attached hydrogens (primary N) is 1. The SMILES string of the molecule is N[C@@H](Cc1c(-c2ccncc2)o[nH]c1=O)C(=O)O. The maximum Gasteiger partial charge on any atom is 0.320 e. The third-order valence-corrected chi connectivity index (χ3v) is 2.48. The maximum atomic E-state index is 11.6. The first-order valence-corrected chi connectivity index (χ1v) is 5.18. The van der Waals surface area contributed by atoms with Gasteiger partial charge >= 0.3 is 5.97 Å². The summed E-state index contributed by atoms with van der Waals surface area (Å²) in [7, 11) is 0. The second-order valence-corrected chi connectivity index (χ2v) is 3.73. The maximum absolute atomic E-state index is 11.6. The highest BCUT2D eigenvalue weighted by molar-refractivity contribution is 5.74. The number of nitrogens with zero attached hydrogens (tertiary/aromatic N) is 1. The summed E-state index contributed by atoms with van der Waals surface area (Å²) >= 11 is 0. The molecule has 0 aliphatic carbocycles. The molecule has 0 bridgehead atoms. The minimum absolute atomic E-state index is 0.0984. The summed E-state index contributed by atoms with van der Waals surface area (Å²) in [4.78, 5) is 26.1. The standard InChI is InChI=1S/C11H11N3O4/c12-8(11(16)17)5-7-9(18-14-10(7)15)6-1-3-13-4-2-6/h1-4,8H,5,12H2,(H,14,15)(H,16,17)/t8-/m0/s1. The van der Waals surface area contributed by atoms with Gasteiger partial charge < -0.3 is 15.4 Å². The van der Waals surface area contributed by atoms with E-state index in [4.69, 9.17) is 15.4 Å². The highest BCUT2D eigenvalue weighted by Gasteiger charge is 2.21. The minimum atomic E-state index is -1.17. The van der Waals surface area contributed by atoms with Gasteiger partial charge in [-0.2, -0.15) is 5.16 Å². The number of rotatable bonds is 4. The lowest BCUT2D eigenvalue weighted by Crippen LogP contribution is -2.33. The highest BCUT2D eigenvalue weighted by Crippen LogP contribution is 2.21. The molecule has 0 aliphatic rings. The van der Waals surface area contributed by atoms with E-state index in [2.05, 4.69) is 10.1 Å². The fourth-order valence-electron chi connectivity index (χ4n) is 1.55. The Morgan fingerprint density at radius 1 is 1.50 bits per heavy atom. The van der Waals surface area contributed by atoms with Gasteiger partial charge in [-0.25, -0.2) is 0 Å². The Kier molecular flexibility index (Phi) is 3.24. The normalized spacial score (nSPS) is 12.3.